The van der Waals surface area contributed by atoms with Gasteiger partial charge in [0.15, 0.2) is 0 Å². The molecule has 0 radical (unpaired) electrons. The van der Waals surface area contributed by atoms with Crippen LogP contribution < -0.4 is 20.5 Å². The van der Waals surface area contributed by atoms with Gasteiger partial charge in [0.25, 0.3) is 0 Å². The molecule has 0 unspecified atom stereocenters. The van der Waals surface area contributed by atoms with Gasteiger partial charge in [-0.2, -0.15) is 4.98 Å². The van der Waals surface area contributed by atoms with Crippen molar-refractivity contribution in [2.45, 2.75) is 25.1 Å². The summed E-state index contributed by atoms with van der Waals surface area (Å²) < 4.78 is 13.1. The van der Waals surface area contributed by atoms with Gasteiger partial charge in [-0.05, 0) is 47.4 Å². The number of aromatic nitrogens is 3. The van der Waals surface area contributed by atoms with Crippen molar-refractivity contribution in [2.24, 2.45) is 0 Å². The molecule has 0 aliphatic carbocycles. The lowest BCUT2D eigenvalue weighted by atomic mass is 9.93. The van der Waals surface area contributed by atoms with Crippen LogP contribution in [-0.4, -0.2) is 21.9 Å². The SMILES string of the molecule is COc1ccc([C@@H]2C[C@H](c3ccc(OCc4ccccc4)cc3)n3nc(N)nc3N2)cc1. The minimum atomic E-state index is 0.00586. The summed E-state index contributed by atoms with van der Waals surface area (Å²) >= 11 is 0. The van der Waals surface area contributed by atoms with Crippen LogP contribution in [0.1, 0.15) is 35.2 Å². The molecule has 0 bridgehead atoms. The van der Waals surface area contributed by atoms with Crippen molar-refractivity contribution in [1.82, 2.24) is 14.8 Å². The smallest absolute Gasteiger partial charge is 0.241 e. The van der Waals surface area contributed by atoms with E-state index >= 15 is 0 Å². The summed E-state index contributed by atoms with van der Waals surface area (Å²) in [5.41, 5.74) is 9.35. The van der Waals surface area contributed by atoms with Crippen LogP contribution in [0.4, 0.5) is 11.9 Å². The summed E-state index contributed by atoms with van der Waals surface area (Å²) in [4.78, 5) is 4.39. The van der Waals surface area contributed by atoms with E-state index in [1.807, 2.05) is 47.1 Å². The number of nitrogens with one attached hydrogen (secondary N) is 1. The Hall–Kier alpha value is -4.00. The first kappa shape index (κ1) is 19.9. The predicted molar refractivity (Wildman–Crippen MR) is 124 cm³/mol. The van der Waals surface area contributed by atoms with Crippen LogP contribution in [0.25, 0.3) is 0 Å². The quantitative estimate of drug-likeness (QED) is 0.468. The molecule has 5 rings (SSSR count). The highest BCUT2D eigenvalue weighted by atomic mass is 16.5. The molecule has 3 N–H and O–H groups in total. The number of fused-ring (bicyclic) bond motifs is 1. The molecule has 2 heterocycles. The predicted octanol–water partition coefficient (Wildman–Crippen LogP) is 4.59. The van der Waals surface area contributed by atoms with Gasteiger partial charge in [0.2, 0.25) is 11.9 Å². The van der Waals surface area contributed by atoms with Gasteiger partial charge in [0.05, 0.1) is 19.2 Å². The standard InChI is InChI=1S/C25H25N5O2/c1-31-20-11-7-18(8-12-20)22-15-23(30-25(27-22)28-24(26)29-30)19-9-13-21(14-10-19)32-16-17-5-3-2-4-6-17/h2-14,22-23H,15-16H2,1H3,(H3,26,27,28,29)/t22-,23+/m0/s1. The zero-order valence-corrected chi connectivity index (χ0v) is 17.8. The van der Waals surface area contributed by atoms with Crippen LogP contribution in [0.3, 0.4) is 0 Å². The highest BCUT2D eigenvalue weighted by molar-refractivity contribution is 5.43. The topological polar surface area (TPSA) is 87.2 Å². The van der Waals surface area contributed by atoms with Gasteiger partial charge < -0.3 is 20.5 Å². The minimum absolute atomic E-state index is 0.00586. The number of benzene rings is 3. The lowest BCUT2D eigenvalue weighted by Gasteiger charge is -2.31. The lowest BCUT2D eigenvalue weighted by molar-refractivity contribution is 0.306. The number of nitrogen functional groups attached to an aromatic ring is 1. The Kier molecular flexibility index (Phi) is 5.37. The molecular formula is C25H25N5O2. The molecule has 0 saturated heterocycles. The fraction of sp³-hybridized carbons (Fsp3) is 0.200. The van der Waals surface area contributed by atoms with Crippen LogP contribution in [0.5, 0.6) is 11.5 Å². The second-order valence-corrected chi connectivity index (χ2v) is 7.80. The van der Waals surface area contributed by atoms with E-state index in [9.17, 15) is 0 Å². The van der Waals surface area contributed by atoms with Crippen LogP contribution in [0, 0.1) is 0 Å². The second-order valence-electron chi connectivity index (χ2n) is 7.80. The average molecular weight is 428 g/mol. The van der Waals surface area contributed by atoms with E-state index in [1.54, 1.807) is 7.11 Å². The lowest BCUT2D eigenvalue weighted by Crippen LogP contribution is -2.28. The van der Waals surface area contributed by atoms with Crippen LogP contribution in [0.15, 0.2) is 78.9 Å². The highest BCUT2D eigenvalue weighted by Gasteiger charge is 2.30. The second kappa shape index (κ2) is 8.63. The van der Waals surface area contributed by atoms with E-state index in [2.05, 4.69) is 51.8 Å². The van der Waals surface area contributed by atoms with Gasteiger partial charge in [-0.15, -0.1) is 5.10 Å². The molecule has 1 aliphatic heterocycles. The molecule has 7 nitrogen and oxygen atoms in total. The zero-order valence-electron chi connectivity index (χ0n) is 17.8. The first-order valence-electron chi connectivity index (χ1n) is 10.6. The van der Waals surface area contributed by atoms with Crippen molar-refractivity contribution in [2.75, 3.05) is 18.2 Å². The number of hydrogen-bond acceptors (Lipinski definition) is 6. The molecule has 0 fully saturated rings. The Balaban J connectivity index is 1.37. The number of nitrogens with two attached hydrogens (primary N) is 1. The summed E-state index contributed by atoms with van der Waals surface area (Å²) in [5, 5.41) is 7.90. The summed E-state index contributed by atoms with van der Waals surface area (Å²) in [6.45, 7) is 0.539. The normalized spacial score (nSPS) is 17.3. The number of ether oxygens (including phenoxy) is 2. The zero-order chi connectivity index (χ0) is 21.9. The third-order valence-electron chi connectivity index (χ3n) is 5.74. The Morgan fingerprint density at radius 3 is 2.34 bits per heavy atom. The van der Waals surface area contributed by atoms with E-state index in [-0.39, 0.29) is 18.0 Å². The molecule has 162 valence electrons. The number of nitrogens with zero attached hydrogens (tertiary/aromatic N) is 3. The van der Waals surface area contributed by atoms with E-state index in [4.69, 9.17) is 15.2 Å². The number of anilines is 2. The Morgan fingerprint density at radius 2 is 1.62 bits per heavy atom. The molecule has 3 aromatic carbocycles. The van der Waals surface area contributed by atoms with Crippen molar-refractivity contribution in [3.8, 4) is 11.5 Å². The molecule has 4 aromatic rings. The first-order chi connectivity index (χ1) is 15.7. The average Bonchev–Trinajstić information content (AvgIpc) is 3.23. The van der Waals surface area contributed by atoms with Crippen molar-refractivity contribution < 1.29 is 9.47 Å². The van der Waals surface area contributed by atoms with Crippen molar-refractivity contribution >= 4 is 11.9 Å². The van der Waals surface area contributed by atoms with Crippen LogP contribution in [0.2, 0.25) is 0 Å². The summed E-state index contributed by atoms with van der Waals surface area (Å²) in [7, 11) is 1.67. The Labute approximate surface area is 186 Å². The van der Waals surface area contributed by atoms with Gasteiger partial charge in [-0.1, -0.05) is 54.6 Å². The number of methoxy groups -OCH3 is 1. The van der Waals surface area contributed by atoms with Gasteiger partial charge in [-0.25, -0.2) is 4.68 Å². The summed E-state index contributed by atoms with van der Waals surface area (Å²) in [6, 6.07) is 26.5. The van der Waals surface area contributed by atoms with E-state index in [1.165, 1.54) is 0 Å². The van der Waals surface area contributed by atoms with Gasteiger partial charge in [-0.3, -0.25) is 0 Å². The minimum Gasteiger partial charge on any atom is -0.497 e. The van der Waals surface area contributed by atoms with E-state index in [0.29, 0.717) is 12.6 Å². The Morgan fingerprint density at radius 1 is 0.938 bits per heavy atom. The van der Waals surface area contributed by atoms with Crippen LogP contribution >= 0.6 is 0 Å². The molecule has 1 aliphatic rings. The van der Waals surface area contributed by atoms with Crippen LogP contribution in [-0.2, 0) is 6.61 Å². The van der Waals surface area contributed by atoms with Gasteiger partial charge >= 0.3 is 0 Å². The van der Waals surface area contributed by atoms with Crippen molar-refractivity contribution in [3.63, 3.8) is 0 Å². The van der Waals surface area contributed by atoms with Crippen molar-refractivity contribution in [1.29, 1.82) is 0 Å². The molecule has 32 heavy (non-hydrogen) atoms. The Bertz CT molecular complexity index is 1170. The monoisotopic (exact) mass is 427 g/mol. The molecule has 0 saturated carbocycles. The third-order valence-corrected chi connectivity index (χ3v) is 5.74. The summed E-state index contributed by atoms with van der Waals surface area (Å²) in [5.74, 6) is 2.59. The number of hydrogen-bond donors (Lipinski definition) is 2. The molecule has 7 heteroatoms. The van der Waals surface area contributed by atoms with Gasteiger partial charge in [0.1, 0.15) is 18.1 Å². The van der Waals surface area contributed by atoms with Crippen molar-refractivity contribution in [3.05, 3.63) is 95.6 Å². The summed E-state index contributed by atoms with van der Waals surface area (Å²) in [6.07, 6.45) is 0.812. The maximum absolute atomic E-state index is 5.94. The number of rotatable bonds is 6. The third kappa shape index (κ3) is 4.09. The van der Waals surface area contributed by atoms with Gasteiger partial charge in [0, 0.05) is 0 Å². The fourth-order valence-electron chi connectivity index (χ4n) is 4.05. The largest absolute Gasteiger partial charge is 0.497 e. The molecule has 1 aromatic heterocycles. The molecule has 2 atom stereocenters. The van der Waals surface area contributed by atoms with E-state index < -0.39 is 0 Å². The maximum Gasteiger partial charge on any atom is 0.241 e. The maximum atomic E-state index is 5.94. The molecular weight excluding hydrogens is 402 g/mol. The van der Waals surface area contributed by atoms with E-state index in [0.717, 1.165) is 34.6 Å². The fourth-order valence-corrected chi connectivity index (χ4v) is 4.05. The molecule has 0 spiro atoms. The molecule has 0 amide bonds. The first-order valence-corrected chi connectivity index (χ1v) is 10.6. The highest BCUT2D eigenvalue weighted by Crippen LogP contribution is 2.38.